The first-order valence-corrected chi connectivity index (χ1v) is 10.8. The predicted molar refractivity (Wildman–Crippen MR) is 122 cm³/mol. The van der Waals surface area contributed by atoms with Crippen LogP contribution in [0.5, 0.6) is 0 Å². The third-order valence-corrected chi connectivity index (χ3v) is 5.60. The molecule has 1 aliphatic rings. The number of hydrogen-bond acceptors (Lipinski definition) is 4. The fourth-order valence-corrected chi connectivity index (χ4v) is 4.51. The molecule has 1 aromatic carbocycles. The highest BCUT2D eigenvalue weighted by molar-refractivity contribution is 14.1. The van der Waals surface area contributed by atoms with Crippen LogP contribution in [0.3, 0.4) is 0 Å². The Hall–Kier alpha value is -1.93. The molecule has 0 fully saturated rings. The predicted octanol–water partition coefficient (Wildman–Crippen LogP) is 4.46. The van der Waals surface area contributed by atoms with Crippen molar-refractivity contribution in [2.75, 3.05) is 25.2 Å². The molecule has 0 saturated heterocycles. The van der Waals surface area contributed by atoms with E-state index in [9.17, 15) is 0 Å². The number of nitrogens with zero attached hydrogens (tertiary/aromatic N) is 5. The number of rotatable bonds is 5. The van der Waals surface area contributed by atoms with Gasteiger partial charge in [-0.3, -0.25) is 14.6 Å². The molecule has 146 valence electrons. The molecule has 0 radical (unpaired) electrons. The highest BCUT2D eigenvalue weighted by Gasteiger charge is 2.29. The zero-order valence-corrected chi connectivity index (χ0v) is 18.8. The van der Waals surface area contributed by atoms with Crippen LogP contribution in [-0.2, 0) is 13.1 Å². The Morgan fingerprint density at radius 2 is 1.93 bits per heavy atom. The van der Waals surface area contributed by atoms with Crippen molar-refractivity contribution in [3.63, 3.8) is 0 Å². The summed E-state index contributed by atoms with van der Waals surface area (Å²) in [6, 6.07) is 12.8. The highest BCUT2D eigenvalue weighted by Crippen LogP contribution is 2.35. The molecule has 1 aliphatic heterocycles. The average molecular weight is 487 g/mol. The van der Waals surface area contributed by atoms with E-state index in [1.165, 1.54) is 26.0 Å². The van der Waals surface area contributed by atoms with Crippen LogP contribution >= 0.6 is 22.6 Å². The van der Waals surface area contributed by atoms with Gasteiger partial charge in [0.15, 0.2) is 5.82 Å². The molecule has 4 rings (SSSR count). The molecule has 0 unspecified atom stereocenters. The monoisotopic (exact) mass is 487 g/mol. The zero-order chi connectivity index (χ0) is 19.7. The summed E-state index contributed by atoms with van der Waals surface area (Å²) in [5, 5.41) is 5.11. The van der Waals surface area contributed by atoms with E-state index >= 15 is 0 Å². The minimum Gasteiger partial charge on any atom is -0.342 e. The largest absolute Gasteiger partial charge is 0.342 e. The summed E-state index contributed by atoms with van der Waals surface area (Å²) in [4.78, 5) is 8.99. The maximum absolute atomic E-state index is 5.11. The summed E-state index contributed by atoms with van der Waals surface area (Å²) >= 11 is 2.37. The molecular formula is C22H26IN5. The Kier molecular flexibility index (Phi) is 5.68. The summed E-state index contributed by atoms with van der Waals surface area (Å²) < 4.78 is 3.43. The van der Waals surface area contributed by atoms with Crippen LogP contribution in [0.1, 0.15) is 25.0 Å². The normalized spacial score (nSPS) is 14.5. The molecule has 5 nitrogen and oxygen atoms in total. The van der Waals surface area contributed by atoms with Gasteiger partial charge in [0, 0.05) is 40.2 Å². The first kappa shape index (κ1) is 19.4. The van der Waals surface area contributed by atoms with Gasteiger partial charge < -0.3 is 4.90 Å². The van der Waals surface area contributed by atoms with E-state index < -0.39 is 0 Å². The van der Waals surface area contributed by atoms with Gasteiger partial charge >= 0.3 is 0 Å². The van der Waals surface area contributed by atoms with Gasteiger partial charge in [-0.25, -0.2) is 0 Å². The molecule has 28 heavy (non-hydrogen) atoms. The highest BCUT2D eigenvalue weighted by atomic mass is 127. The molecule has 3 aromatic rings. The first-order valence-electron chi connectivity index (χ1n) is 9.69. The summed E-state index contributed by atoms with van der Waals surface area (Å²) in [7, 11) is 2.18. The number of fused-ring (bicyclic) bond motifs is 1. The molecule has 3 heterocycles. The molecular weight excluding hydrogens is 461 g/mol. The topological polar surface area (TPSA) is 37.2 Å². The molecule has 0 aliphatic carbocycles. The van der Waals surface area contributed by atoms with Gasteiger partial charge in [-0.2, -0.15) is 5.10 Å². The fraction of sp³-hybridized carbons (Fsp3) is 0.364. The lowest BCUT2D eigenvalue weighted by Gasteiger charge is -2.34. The molecule has 0 saturated carbocycles. The van der Waals surface area contributed by atoms with E-state index in [0.717, 1.165) is 32.1 Å². The third kappa shape index (κ3) is 4.07. The van der Waals surface area contributed by atoms with E-state index in [2.05, 4.69) is 99.3 Å². The van der Waals surface area contributed by atoms with Crippen molar-refractivity contribution >= 4 is 28.4 Å². The number of aromatic nitrogens is 3. The van der Waals surface area contributed by atoms with Gasteiger partial charge in [0.05, 0.1) is 18.9 Å². The van der Waals surface area contributed by atoms with Gasteiger partial charge in [-0.15, -0.1) is 0 Å². The second-order valence-electron chi connectivity index (χ2n) is 7.95. The average Bonchev–Trinajstić information content (AvgIpc) is 3.00. The summed E-state index contributed by atoms with van der Waals surface area (Å²) in [5.41, 5.74) is 4.96. The van der Waals surface area contributed by atoms with Crippen LogP contribution < -0.4 is 4.90 Å². The van der Waals surface area contributed by atoms with E-state index in [4.69, 9.17) is 5.10 Å². The number of pyridine rings is 1. The Bertz CT molecular complexity index is 951. The van der Waals surface area contributed by atoms with Crippen LogP contribution in [0, 0.1) is 9.49 Å². The molecule has 6 heteroatoms. The van der Waals surface area contributed by atoms with E-state index in [0.29, 0.717) is 5.92 Å². The van der Waals surface area contributed by atoms with E-state index in [1.807, 2.05) is 12.4 Å². The van der Waals surface area contributed by atoms with Gasteiger partial charge in [0.1, 0.15) is 0 Å². The zero-order valence-electron chi connectivity index (χ0n) is 16.6. The van der Waals surface area contributed by atoms with Gasteiger partial charge in [-0.1, -0.05) is 26.0 Å². The molecule has 0 atom stereocenters. The standard InChI is InChI=1S/C22H26IN5/c1-16(2)12-27-15-26(3)14-20-21(18-7-9-24-10-8-18)28(25-22(20)27)13-17-5-4-6-19(23)11-17/h4-11,16H,12-15H2,1-3H3. The summed E-state index contributed by atoms with van der Waals surface area (Å²) in [5.74, 6) is 1.72. The van der Waals surface area contributed by atoms with Crippen LogP contribution in [0.25, 0.3) is 11.3 Å². The number of halogens is 1. The van der Waals surface area contributed by atoms with Crippen LogP contribution in [0.2, 0.25) is 0 Å². The maximum atomic E-state index is 5.11. The molecule has 0 spiro atoms. The lowest BCUT2D eigenvalue weighted by molar-refractivity contribution is 0.303. The minimum absolute atomic E-state index is 0.588. The Morgan fingerprint density at radius 3 is 2.64 bits per heavy atom. The van der Waals surface area contributed by atoms with Crippen molar-refractivity contribution in [3.8, 4) is 11.3 Å². The first-order chi connectivity index (χ1) is 13.5. The Balaban J connectivity index is 1.83. The third-order valence-electron chi connectivity index (χ3n) is 4.93. The molecule has 0 amide bonds. The number of anilines is 1. The van der Waals surface area contributed by atoms with Crippen LogP contribution in [0.4, 0.5) is 5.82 Å². The van der Waals surface area contributed by atoms with Crippen molar-refractivity contribution in [2.45, 2.75) is 26.9 Å². The lowest BCUT2D eigenvalue weighted by atomic mass is 10.1. The number of benzene rings is 1. The minimum atomic E-state index is 0.588. The van der Waals surface area contributed by atoms with Crippen molar-refractivity contribution < 1.29 is 0 Å². The van der Waals surface area contributed by atoms with Crippen molar-refractivity contribution in [1.82, 2.24) is 19.7 Å². The van der Waals surface area contributed by atoms with E-state index in [-0.39, 0.29) is 0 Å². The second kappa shape index (κ2) is 8.21. The van der Waals surface area contributed by atoms with Crippen molar-refractivity contribution in [2.24, 2.45) is 5.92 Å². The summed E-state index contributed by atoms with van der Waals surface area (Å²) in [6.07, 6.45) is 3.73. The maximum Gasteiger partial charge on any atom is 0.156 e. The van der Waals surface area contributed by atoms with Gasteiger partial charge in [0.2, 0.25) is 0 Å². The van der Waals surface area contributed by atoms with Crippen molar-refractivity contribution in [1.29, 1.82) is 0 Å². The Morgan fingerprint density at radius 1 is 1.14 bits per heavy atom. The lowest BCUT2D eigenvalue weighted by Crippen LogP contribution is -2.42. The molecule has 0 N–H and O–H groups in total. The SMILES string of the molecule is CC(C)CN1CN(C)Cc2c1nn(Cc1cccc(I)c1)c2-c1ccncc1. The Labute approximate surface area is 180 Å². The van der Waals surface area contributed by atoms with Gasteiger partial charge in [0.25, 0.3) is 0 Å². The van der Waals surface area contributed by atoms with E-state index in [1.54, 1.807) is 0 Å². The smallest absolute Gasteiger partial charge is 0.156 e. The van der Waals surface area contributed by atoms with Gasteiger partial charge in [-0.05, 0) is 65.4 Å². The van der Waals surface area contributed by atoms with Crippen molar-refractivity contribution in [3.05, 3.63) is 63.5 Å². The molecule has 2 aromatic heterocycles. The molecule has 0 bridgehead atoms. The second-order valence-corrected chi connectivity index (χ2v) is 9.19. The quantitative estimate of drug-likeness (QED) is 0.498. The number of hydrogen-bond donors (Lipinski definition) is 0. The summed E-state index contributed by atoms with van der Waals surface area (Å²) in [6.45, 7) is 8.13. The fourth-order valence-electron chi connectivity index (χ4n) is 3.91. The van der Waals surface area contributed by atoms with Crippen LogP contribution in [0.15, 0.2) is 48.8 Å². The van der Waals surface area contributed by atoms with Crippen LogP contribution in [-0.4, -0.2) is 39.9 Å².